The van der Waals surface area contributed by atoms with E-state index in [1.54, 1.807) is 18.2 Å². The number of nitrogens with zero attached hydrogens (tertiary/aromatic N) is 1. The molecule has 6 heteroatoms. The summed E-state index contributed by atoms with van der Waals surface area (Å²) in [6, 6.07) is 10.3. The fourth-order valence-electron chi connectivity index (χ4n) is 1.62. The maximum atomic E-state index is 10.9. The minimum atomic E-state index is -0.392. The average Bonchev–Trinajstić information content (AvgIpc) is 2.76. The summed E-state index contributed by atoms with van der Waals surface area (Å²) in [6.07, 6.45) is 0. The molecule has 94 valence electrons. The van der Waals surface area contributed by atoms with Gasteiger partial charge in [-0.2, -0.15) is 0 Å². The molecule has 0 aliphatic heterocycles. The number of nitro groups is 1. The standard InChI is InChI=1S/C12H11ClN2O2S/c1-8(11-6-7-12(13)18-11)14-9-4-2-3-5-10(9)15(16)17/h2-8,14H,1H3. The van der Waals surface area contributed by atoms with E-state index in [-0.39, 0.29) is 11.7 Å². The van der Waals surface area contributed by atoms with Gasteiger partial charge in [0.1, 0.15) is 5.69 Å². The molecule has 1 atom stereocenters. The van der Waals surface area contributed by atoms with Crippen molar-refractivity contribution in [1.29, 1.82) is 0 Å². The van der Waals surface area contributed by atoms with E-state index in [1.165, 1.54) is 17.4 Å². The van der Waals surface area contributed by atoms with Crippen molar-refractivity contribution in [2.24, 2.45) is 0 Å². The third kappa shape index (κ3) is 2.80. The number of para-hydroxylation sites is 2. The van der Waals surface area contributed by atoms with E-state index in [0.717, 1.165) is 4.88 Å². The predicted molar refractivity (Wildman–Crippen MR) is 74.5 cm³/mol. The number of hydrogen-bond donors (Lipinski definition) is 1. The lowest BCUT2D eigenvalue weighted by Gasteiger charge is -2.13. The number of thiophene rings is 1. The molecule has 0 bridgehead atoms. The quantitative estimate of drug-likeness (QED) is 0.664. The number of hydrogen-bond acceptors (Lipinski definition) is 4. The molecule has 4 nitrogen and oxygen atoms in total. The summed E-state index contributed by atoms with van der Waals surface area (Å²) in [5, 5.41) is 14.0. The van der Waals surface area contributed by atoms with Crippen LogP contribution in [0.5, 0.6) is 0 Å². The third-order valence-corrected chi connectivity index (χ3v) is 3.91. The fourth-order valence-corrected chi connectivity index (χ4v) is 2.68. The first-order chi connectivity index (χ1) is 8.58. The number of halogens is 1. The minimum absolute atomic E-state index is 0.0244. The average molecular weight is 283 g/mol. The Morgan fingerprint density at radius 2 is 2.06 bits per heavy atom. The number of benzene rings is 1. The van der Waals surface area contributed by atoms with Crippen molar-refractivity contribution in [3.8, 4) is 0 Å². The van der Waals surface area contributed by atoms with E-state index in [2.05, 4.69) is 5.32 Å². The van der Waals surface area contributed by atoms with Crippen molar-refractivity contribution in [3.63, 3.8) is 0 Å². The van der Waals surface area contributed by atoms with Gasteiger partial charge in [-0.25, -0.2) is 0 Å². The number of nitrogens with one attached hydrogen (secondary N) is 1. The van der Waals surface area contributed by atoms with Crippen LogP contribution >= 0.6 is 22.9 Å². The van der Waals surface area contributed by atoms with Gasteiger partial charge in [-0.05, 0) is 25.1 Å². The van der Waals surface area contributed by atoms with Crippen LogP contribution in [0.3, 0.4) is 0 Å². The van der Waals surface area contributed by atoms with Crippen LogP contribution in [0.2, 0.25) is 4.34 Å². The molecule has 1 aromatic heterocycles. The molecule has 1 heterocycles. The molecule has 0 radical (unpaired) electrons. The highest BCUT2D eigenvalue weighted by Gasteiger charge is 2.15. The van der Waals surface area contributed by atoms with Gasteiger partial charge in [-0.1, -0.05) is 23.7 Å². The lowest BCUT2D eigenvalue weighted by Crippen LogP contribution is -2.06. The number of nitro benzene ring substituents is 1. The van der Waals surface area contributed by atoms with Gasteiger partial charge in [0, 0.05) is 10.9 Å². The SMILES string of the molecule is CC(Nc1ccccc1[N+](=O)[O-])c1ccc(Cl)s1. The fraction of sp³-hybridized carbons (Fsp3) is 0.167. The summed E-state index contributed by atoms with van der Waals surface area (Å²) in [5.74, 6) is 0. The zero-order chi connectivity index (χ0) is 13.1. The highest BCUT2D eigenvalue weighted by atomic mass is 35.5. The summed E-state index contributed by atoms with van der Waals surface area (Å²) in [6.45, 7) is 1.94. The Morgan fingerprint density at radius 3 is 2.67 bits per heavy atom. The monoisotopic (exact) mass is 282 g/mol. The minimum Gasteiger partial charge on any atom is -0.372 e. The van der Waals surface area contributed by atoms with Crippen LogP contribution in [-0.4, -0.2) is 4.92 Å². The second-order valence-electron chi connectivity index (χ2n) is 3.78. The number of rotatable bonds is 4. The maximum absolute atomic E-state index is 10.9. The maximum Gasteiger partial charge on any atom is 0.292 e. The summed E-state index contributed by atoms with van der Waals surface area (Å²) < 4.78 is 0.709. The van der Waals surface area contributed by atoms with Crippen LogP contribution in [0.25, 0.3) is 0 Å². The molecule has 18 heavy (non-hydrogen) atoms. The molecule has 2 rings (SSSR count). The molecule has 0 fully saturated rings. The Balaban J connectivity index is 2.21. The van der Waals surface area contributed by atoms with Gasteiger partial charge in [0.25, 0.3) is 5.69 Å². The molecule has 0 saturated heterocycles. The van der Waals surface area contributed by atoms with Crippen LogP contribution in [0, 0.1) is 10.1 Å². The van der Waals surface area contributed by atoms with Crippen LogP contribution in [0.4, 0.5) is 11.4 Å². The first-order valence-corrected chi connectivity index (χ1v) is 6.52. The van der Waals surface area contributed by atoms with Crippen LogP contribution in [0.1, 0.15) is 17.8 Å². The van der Waals surface area contributed by atoms with Gasteiger partial charge in [0.05, 0.1) is 15.3 Å². The van der Waals surface area contributed by atoms with Crippen molar-refractivity contribution in [3.05, 3.63) is 55.7 Å². The molecular formula is C12H11ClN2O2S. The third-order valence-electron chi connectivity index (χ3n) is 2.49. The van der Waals surface area contributed by atoms with E-state index >= 15 is 0 Å². The smallest absolute Gasteiger partial charge is 0.292 e. The number of anilines is 1. The molecule has 1 N–H and O–H groups in total. The zero-order valence-corrected chi connectivity index (χ0v) is 11.2. The molecule has 0 saturated carbocycles. The second-order valence-corrected chi connectivity index (χ2v) is 5.53. The zero-order valence-electron chi connectivity index (χ0n) is 9.59. The van der Waals surface area contributed by atoms with E-state index in [9.17, 15) is 10.1 Å². The topological polar surface area (TPSA) is 55.2 Å². The second kappa shape index (κ2) is 5.37. The van der Waals surface area contributed by atoms with E-state index < -0.39 is 4.92 Å². The van der Waals surface area contributed by atoms with Crippen molar-refractivity contribution in [1.82, 2.24) is 0 Å². The molecule has 0 aliphatic rings. The predicted octanol–water partition coefficient (Wildman–Crippen LogP) is 4.48. The Bertz CT molecular complexity index is 571. The first kappa shape index (κ1) is 12.9. The molecule has 0 spiro atoms. The lowest BCUT2D eigenvalue weighted by molar-refractivity contribution is -0.384. The van der Waals surface area contributed by atoms with Crippen molar-refractivity contribution < 1.29 is 4.92 Å². The molecule has 0 aliphatic carbocycles. The Labute approximate surface area is 113 Å². The molecular weight excluding hydrogens is 272 g/mol. The Morgan fingerprint density at radius 1 is 1.33 bits per heavy atom. The van der Waals surface area contributed by atoms with Gasteiger partial charge in [-0.3, -0.25) is 10.1 Å². The Hall–Kier alpha value is -1.59. The van der Waals surface area contributed by atoms with Crippen LogP contribution in [-0.2, 0) is 0 Å². The summed E-state index contributed by atoms with van der Waals surface area (Å²) >= 11 is 7.33. The van der Waals surface area contributed by atoms with Crippen LogP contribution < -0.4 is 5.32 Å². The highest BCUT2D eigenvalue weighted by Crippen LogP contribution is 2.31. The highest BCUT2D eigenvalue weighted by molar-refractivity contribution is 7.16. The van der Waals surface area contributed by atoms with E-state index in [1.807, 2.05) is 19.1 Å². The lowest BCUT2D eigenvalue weighted by atomic mass is 10.2. The first-order valence-electron chi connectivity index (χ1n) is 5.33. The van der Waals surface area contributed by atoms with Crippen molar-refractivity contribution in [2.75, 3.05) is 5.32 Å². The summed E-state index contributed by atoms with van der Waals surface area (Å²) in [7, 11) is 0. The molecule has 2 aromatic rings. The van der Waals surface area contributed by atoms with Gasteiger partial charge in [-0.15, -0.1) is 11.3 Å². The Kier molecular flexibility index (Phi) is 3.84. The van der Waals surface area contributed by atoms with Gasteiger partial charge >= 0.3 is 0 Å². The van der Waals surface area contributed by atoms with Gasteiger partial charge in [0.2, 0.25) is 0 Å². The largest absolute Gasteiger partial charge is 0.372 e. The van der Waals surface area contributed by atoms with Crippen LogP contribution in [0.15, 0.2) is 36.4 Å². The van der Waals surface area contributed by atoms with E-state index in [4.69, 9.17) is 11.6 Å². The van der Waals surface area contributed by atoms with E-state index in [0.29, 0.717) is 10.0 Å². The summed E-state index contributed by atoms with van der Waals surface area (Å²) in [5.41, 5.74) is 0.589. The molecule has 1 unspecified atom stereocenters. The van der Waals surface area contributed by atoms with Crippen molar-refractivity contribution in [2.45, 2.75) is 13.0 Å². The summed E-state index contributed by atoms with van der Waals surface area (Å²) in [4.78, 5) is 11.5. The molecule has 1 aromatic carbocycles. The van der Waals surface area contributed by atoms with Gasteiger partial charge in [0.15, 0.2) is 0 Å². The van der Waals surface area contributed by atoms with Crippen molar-refractivity contribution >= 4 is 34.3 Å². The molecule has 0 amide bonds. The normalized spacial score (nSPS) is 12.1. The van der Waals surface area contributed by atoms with Gasteiger partial charge < -0.3 is 5.32 Å².